The molecule has 0 aliphatic carbocycles. The van der Waals surface area contributed by atoms with Gasteiger partial charge in [0.15, 0.2) is 6.10 Å². The van der Waals surface area contributed by atoms with Crippen LogP contribution in [-0.2, 0) is 28.2 Å². The lowest BCUT2D eigenvalue weighted by atomic mass is 10.0. The van der Waals surface area contributed by atoms with Crippen LogP contribution >= 0.6 is 7.82 Å². The highest BCUT2D eigenvalue weighted by atomic mass is 31.2. The van der Waals surface area contributed by atoms with E-state index in [0.717, 1.165) is 70.6 Å². The Morgan fingerprint density at radius 1 is 0.474 bits per heavy atom. The second-order valence-electron chi connectivity index (χ2n) is 15.4. The average molecular weight is 821 g/mol. The van der Waals surface area contributed by atoms with E-state index in [1.54, 1.807) is 0 Å². The van der Waals surface area contributed by atoms with Gasteiger partial charge in [-0.2, -0.15) is 0 Å². The Morgan fingerprint density at radius 3 is 1.26 bits per heavy atom. The Balaban J connectivity index is 3.92. The highest BCUT2D eigenvalue weighted by Gasteiger charge is 2.22. The van der Waals surface area contributed by atoms with Crippen molar-refractivity contribution in [1.82, 2.24) is 0 Å². The lowest BCUT2D eigenvalue weighted by Crippen LogP contribution is -2.29. The van der Waals surface area contributed by atoms with Crippen LogP contribution in [0.5, 0.6) is 0 Å². The first-order chi connectivity index (χ1) is 27.8. The van der Waals surface area contributed by atoms with Gasteiger partial charge in [-0.3, -0.25) is 14.1 Å². The molecular weight excluding hydrogens is 735 g/mol. The summed E-state index contributed by atoms with van der Waals surface area (Å²) in [7, 11) is -4.77. The van der Waals surface area contributed by atoms with E-state index < -0.39 is 32.5 Å². The molecular formula is C48H85O8P. The van der Waals surface area contributed by atoms with Crippen LogP contribution in [-0.4, -0.2) is 41.0 Å². The molecule has 0 amide bonds. The van der Waals surface area contributed by atoms with E-state index in [1.165, 1.54) is 103 Å². The second kappa shape index (κ2) is 43.3. The molecule has 57 heavy (non-hydrogen) atoms. The molecule has 0 aliphatic rings. The molecule has 0 fully saturated rings. The fraction of sp³-hybridized carbons (Fsp3) is 0.750. The largest absolute Gasteiger partial charge is 0.469 e. The molecule has 0 aromatic carbocycles. The van der Waals surface area contributed by atoms with Crippen molar-refractivity contribution in [2.24, 2.45) is 0 Å². The first-order valence-electron chi connectivity index (χ1n) is 23.1. The predicted octanol–water partition coefficient (Wildman–Crippen LogP) is 14.5. The molecule has 330 valence electrons. The van der Waals surface area contributed by atoms with Crippen molar-refractivity contribution in [3.63, 3.8) is 0 Å². The number of unbranched alkanes of at least 4 members (excludes halogenated alkanes) is 22. The average Bonchev–Trinajstić information content (AvgIpc) is 3.18. The lowest BCUT2D eigenvalue weighted by molar-refractivity contribution is -0.161. The number of carbonyl (C=O) groups is 2. The van der Waals surface area contributed by atoms with Crippen LogP contribution in [0.15, 0.2) is 60.8 Å². The highest BCUT2D eigenvalue weighted by Crippen LogP contribution is 2.36. The maximum Gasteiger partial charge on any atom is 0.469 e. The molecule has 0 saturated heterocycles. The number of phosphoric ester groups is 1. The molecule has 9 heteroatoms. The van der Waals surface area contributed by atoms with Crippen LogP contribution in [0.3, 0.4) is 0 Å². The van der Waals surface area contributed by atoms with Gasteiger partial charge in [0.05, 0.1) is 6.61 Å². The van der Waals surface area contributed by atoms with Gasteiger partial charge in [-0.15, -0.1) is 0 Å². The maximum absolute atomic E-state index is 12.4. The van der Waals surface area contributed by atoms with Crippen LogP contribution in [0.1, 0.15) is 213 Å². The summed E-state index contributed by atoms with van der Waals surface area (Å²) in [6, 6.07) is 0. The standard InChI is InChI=1S/C48H85O8P/c1-3-5-7-9-11-13-15-17-19-21-23-25-27-29-31-33-35-37-39-41-43-48(50)56-46(45-55-57(51,52)53)44-54-47(49)42-40-38-36-34-32-30-28-26-24-22-20-18-16-14-12-10-8-6-4-2/h6,8,12,14,18,20,24,26,30,32,46H,3-5,7,9-11,13,15-17,19,21-23,25,27-29,31,33-45H2,1-2H3,(H2,51,52,53)/b8-6+,14-12+,20-18+,26-24+,32-30+/t46-/m1/s1. The van der Waals surface area contributed by atoms with Crippen molar-refractivity contribution in [2.75, 3.05) is 13.2 Å². The molecule has 0 aliphatic heterocycles. The minimum Gasteiger partial charge on any atom is -0.462 e. The molecule has 0 heterocycles. The van der Waals surface area contributed by atoms with Crippen LogP contribution < -0.4 is 0 Å². The number of hydrogen-bond acceptors (Lipinski definition) is 6. The van der Waals surface area contributed by atoms with Crippen molar-refractivity contribution >= 4 is 19.8 Å². The van der Waals surface area contributed by atoms with E-state index in [4.69, 9.17) is 19.3 Å². The summed E-state index contributed by atoms with van der Waals surface area (Å²) in [5, 5.41) is 0. The van der Waals surface area contributed by atoms with E-state index in [0.29, 0.717) is 12.8 Å². The zero-order valence-corrected chi connectivity index (χ0v) is 37.4. The number of hydrogen-bond donors (Lipinski definition) is 2. The van der Waals surface area contributed by atoms with Gasteiger partial charge < -0.3 is 19.3 Å². The zero-order valence-electron chi connectivity index (χ0n) is 36.5. The summed E-state index contributed by atoms with van der Waals surface area (Å²) in [6.45, 7) is 3.57. The molecule has 0 saturated carbocycles. The minimum absolute atomic E-state index is 0.206. The van der Waals surface area contributed by atoms with Gasteiger partial charge in [-0.1, -0.05) is 203 Å². The van der Waals surface area contributed by atoms with Gasteiger partial charge in [0.25, 0.3) is 0 Å². The maximum atomic E-state index is 12.4. The summed E-state index contributed by atoms with van der Waals surface area (Å²) in [5.74, 6) is -0.918. The van der Waals surface area contributed by atoms with Crippen LogP contribution in [0.4, 0.5) is 0 Å². The second-order valence-corrected chi connectivity index (χ2v) is 16.6. The molecule has 1 atom stereocenters. The number of allylic oxidation sites excluding steroid dienone is 10. The molecule has 8 nitrogen and oxygen atoms in total. The van der Waals surface area contributed by atoms with E-state index in [-0.39, 0.29) is 19.4 Å². The Bertz CT molecular complexity index is 1110. The SMILES string of the molecule is CC/C=C/C/C=C/C/C=C/C/C=C/C/C=C/CCCCCC(=O)OC[C@H](COP(=O)(O)O)OC(=O)CCCCCCCCCCCCCCCCCCCCCC. The van der Waals surface area contributed by atoms with E-state index in [1.807, 2.05) is 0 Å². The molecule has 2 N–H and O–H groups in total. The Kier molecular flexibility index (Phi) is 41.6. The number of esters is 2. The summed E-state index contributed by atoms with van der Waals surface area (Å²) >= 11 is 0. The zero-order chi connectivity index (χ0) is 41.8. The summed E-state index contributed by atoms with van der Waals surface area (Å²) in [6.07, 6.45) is 55.2. The van der Waals surface area contributed by atoms with Gasteiger partial charge in [0, 0.05) is 12.8 Å². The first-order valence-corrected chi connectivity index (χ1v) is 24.6. The van der Waals surface area contributed by atoms with Gasteiger partial charge in [0.2, 0.25) is 0 Å². The molecule has 0 radical (unpaired) electrons. The molecule has 0 unspecified atom stereocenters. The molecule has 0 bridgehead atoms. The van der Waals surface area contributed by atoms with Crippen molar-refractivity contribution in [2.45, 2.75) is 219 Å². The van der Waals surface area contributed by atoms with Gasteiger partial charge >= 0.3 is 19.8 Å². The molecule has 0 aromatic heterocycles. The Labute approximate surface area is 349 Å². The monoisotopic (exact) mass is 821 g/mol. The minimum atomic E-state index is -4.77. The predicted molar refractivity (Wildman–Crippen MR) is 239 cm³/mol. The fourth-order valence-corrected chi connectivity index (χ4v) is 6.76. The lowest BCUT2D eigenvalue weighted by Gasteiger charge is -2.18. The molecule has 0 rings (SSSR count). The normalized spacial score (nSPS) is 13.0. The number of rotatable bonds is 42. The van der Waals surface area contributed by atoms with Crippen molar-refractivity contribution in [3.8, 4) is 0 Å². The summed E-state index contributed by atoms with van der Waals surface area (Å²) in [5.41, 5.74) is 0. The third kappa shape index (κ3) is 46.3. The third-order valence-corrected chi connectivity index (χ3v) is 10.3. The number of carbonyl (C=O) groups excluding carboxylic acids is 2. The summed E-state index contributed by atoms with van der Waals surface area (Å²) < 4.78 is 26.4. The molecule has 0 spiro atoms. The van der Waals surface area contributed by atoms with E-state index in [2.05, 4.69) is 79.1 Å². The molecule has 0 aromatic rings. The Morgan fingerprint density at radius 2 is 0.842 bits per heavy atom. The van der Waals surface area contributed by atoms with E-state index >= 15 is 0 Å². The fourth-order valence-electron chi connectivity index (χ4n) is 6.40. The highest BCUT2D eigenvalue weighted by molar-refractivity contribution is 7.46. The van der Waals surface area contributed by atoms with Crippen LogP contribution in [0.2, 0.25) is 0 Å². The smallest absolute Gasteiger partial charge is 0.462 e. The van der Waals surface area contributed by atoms with Crippen molar-refractivity contribution in [1.29, 1.82) is 0 Å². The van der Waals surface area contributed by atoms with Gasteiger partial charge in [-0.25, -0.2) is 4.57 Å². The van der Waals surface area contributed by atoms with Crippen molar-refractivity contribution in [3.05, 3.63) is 60.8 Å². The first kappa shape index (κ1) is 54.8. The Hall–Kier alpha value is -2.25. The van der Waals surface area contributed by atoms with Crippen LogP contribution in [0, 0.1) is 0 Å². The van der Waals surface area contributed by atoms with Gasteiger partial charge in [0.1, 0.15) is 6.61 Å². The van der Waals surface area contributed by atoms with Crippen LogP contribution in [0.25, 0.3) is 0 Å². The number of phosphoric acid groups is 1. The summed E-state index contributed by atoms with van der Waals surface area (Å²) in [4.78, 5) is 43.0. The quantitative estimate of drug-likeness (QED) is 0.0270. The van der Waals surface area contributed by atoms with E-state index in [9.17, 15) is 14.2 Å². The topological polar surface area (TPSA) is 119 Å². The third-order valence-electron chi connectivity index (χ3n) is 9.80. The number of ether oxygens (including phenoxy) is 2. The van der Waals surface area contributed by atoms with Crippen molar-refractivity contribution < 1.29 is 37.9 Å². The van der Waals surface area contributed by atoms with Gasteiger partial charge in [-0.05, 0) is 57.8 Å².